The molecule has 0 saturated carbocycles. The maximum atomic E-state index is 11.6. The Morgan fingerprint density at radius 3 is 2.91 bits per heavy atom. The van der Waals surface area contributed by atoms with Gasteiger partial charge in [0.2, 0.25) is 6.23 Å². The largest absolute Gasteiger partial charge is 0.465 e. The van der Waals surface area contributed by atoms with Gasteiger partial charge in [-0.25, -0.2) is 4.79 Å². The Labute approximate surface area is 132 Å². The summed E-state index contributed by atoms with van der Waals surface area (Å²) >= 11 is 0. The zero-order valence-corrected chi connectivity index (χ0v) is 12.6. The van der Waals surface area contributed by atoms with Gasteiger partial charge < -0.3 is 20.0 Å². The summed E-state index contributed by atoms with van der Waals surface area (Å²) in [6.07, 6.45) is 5.37. The minimum Gasteiger partial charge on any atom is -0.465 e. The van der Waals surface area contributed by atoms with Crippen molar-refractivity contribution in [2.24, 2.45) is 0 Å². The molecule has 1 amide bonds. The predicted octanol–water partition coefficient (Wildman–Crippen LogP) is 2.61. The molecule has 3 heterocycles. The minimum absolute atomic E-state index is 0.212. The summed E-state index contributed by atoms with van der Waals surface area (Å²) in [6, 6.07) is 0. The van der Waals surface area contributed by atoms with Crippen LogP contribution >= 0.6 is 0 Å². The maximum absolute atomic E-state index is 11.6. The van der Waals surface area contributed by atoms with Crippen molar-refractivity contribution >= 4 is 17.6 Å². The van der Waals surface area contributed by atoms with Crippen molar-refractivity contribution < 1.29 is 19.6 Å². The third-order valence-electron chi connectivity index (χ3n) is 4.09. The van der Waals surface area contributed by atoms with E-state index in [0.717, 1.165) is 17.7 Å². The molecule has 1 aromatic rings. The molecule has 1 saturated heterocycles. The first kappa shape index (κ1) is 15.5. The van der Waals surface area contributed by atoms with Gasteiger partial charge in [-0.15, -0.1) is 4.68 Å². The predicted molar refractivity (Wildman–Crippen MR) is 79.7 cm³/mol. The normalized spacial score (nSPS) is 21.8. The van der Waals surface area contributed by atoms with Crippen LogP contribution in [0.3, 0.4) is 0 Å². The molecule has 0 radical (unpaired) electrons. The Morgan fingerprint density at radius 2 is 2.26 bits per heavy atom. The number of ether oxygens (including phenoxy) is 1. The Bertz CT molecular complexity index is 648. The van der Waals surface area contributed by atoms with Gasteiger partial charge in [-0.2, -0.15) is 0 Å². The quantitative estimate of drug-likeness (QED) is 0.676. The van der Waals surface area contributed by atoms with Crippen LogP contribution in [0.25, 0.3) is 5.70 Å². The van der Waals surface area contributed by atoms with Gasteiger partial charge in [0.25, 0.3) is 0 Å². The van der Waals surface area contributed by atoms with Gasteiger partial charge in [0.15, 0.2) is 0 Å². The van der Waals surface area contributed by atoms with Crippen LogP contribution in [0.4, 0.5) is 10.6 Å². The molecule has 1 N–H and O–H groups in total. The fourth-order valence-corrected chi connectivity index (χ4v) is 3.02. The first-order valence-corrected chi connectivity index (χ1v) is 7.64. The van der Waals surface area contributed by atoms with E-state index in [1.54, 1.807) is 6.08 Å². The molecule has 3 rings (SSSR count). The second-order valence-electron chi connectivity index (χ2n) is 5.57. The number of aromatic nitrogens is 2. The lowest BCUT2D eigenvalue weighted by Gasteiger charge is -2.25. The van der Waals surface area contributed by atoms with Crippen molar-refractivity contribution in [2.75, 3.05) is 13.2 Å². The van der Waals surface area contributed by atoms with Crippen LogP contribution in [-0.4, -0.2) is 44.0 Å². The van der Waals surface area contributed by atoms with Gasteiger partial charge in [-0.3, -0.25) is 4.90 Å². The second kappa shape index (κ2) is 6.37. The minimum atomic E-state index is -1.12. The van der Waals surface area contributed by atoms with Gasteiger partial charge >= 0.3 is 11.9 Å². The van der Waals surface area contributed by atoms with E-state index in [1.165, 1.54) is 10.9 Å². The molecular weight excluding hydrogens is 304 g/mol. The molecular formula is C14H18N4O5. The Balaban J connectivity index is 2.02. The van der Waals surface area contributed by atoms with Gasteiger partial charge in [0, 0.05) is 13.0 Å². The number of amides is 1. The molecule has 1 fully saturated rings. The lowest BCUT2D eigenvalue weighted by atomic mass is 10.1. The summed E-state index contributed by atoms with van der Waals surface area (Å²) in [5.41, 5.74) is 0.559. The summed E-state index contributed by atoms with van der Waals surface area (Å²) in [4.78, 5) is 23.6. The zero-order chi connectivity index (χ0) is 16.4. The summed E-state index contributed by atoms with van der Waals surface area (Å²) < 4.78 is 6.84. The van der Waals surface area contributed by atoms with E-state index in [-0.39, 0.29) is 11.4 Å². The number of rotatable bonds is 3. The highest BCUT2D eigenvalue weighted by Gasteiger charge is 2.34. The van der Waals surface area contributed by atoms with Gasteiger partial charge in [-0.1, -0.05) is 11.2 Å². The third kappa shape index (κ3) is 2.91. The SMILES string of the molecule is O=C(O)N1CCCC=C1c1cnn(C2CCCCO2)c1[N+](=O)[O-]. The van der Waals surface area contributed by atoms with E-state index in [0.29, 0.717) is 38.1 Å². The molecule has 0 bridgehead atoms. The number of carbonyl (C=O) groups is 1. The van der Waals surface area contributed by atoms with E-state index in [2.05, 4.69) is 5.10 Å². The molecule has 2 aliphatic heterocycles. The maximum Gasteiger partial charge on any atom is 0.411 e. The number of nitrogens with zero attached hydrogens (tertiary/aromatic N) is 4. The first-order valence-electron chi connectivity index (χ1n) is 7.64. The van der Waals surface area contributed by atoms with Crippen LogP contribution < -0.4 is 0 Å². The third-order valence-corrected chi connectivity index (χ3v) is 4.09. The molecule has 0 aliphatic carbocycles. The number of hydrogen-bond acceptors (Lipinski definition) is 5. The summed E-state index contributed by atoms with van der Waals surface area (Å²) in [5, 5.41) is 25.0. The van der Waals surface area contributed by atoms with Gasteiger partial charge in [-0.05, 0) is 30.6 Å². The molecule has 9 heteroatoms. The molecule has 0 spiro atoms. The molecule has 1 aromatic heterocycles. The van der Waals surface area contributed by atoms with E-state index >= 15 is 0 Å². The highest BCUT2D eigenvalue weighted by molar-refractivity contribution is 5.83. The van der Waals surface area contributed by atoms with Crippen LogP contribution in [0.2, 0.25) is 0 Å². The smallest absolute Gasteiger partial charge is 0.411 e. The van der Waals surface area contributed by atoms with Crippen molar-refractivity contribution in [1.82, 2.24) is 14.7 Å². The van der Waals surface area contributed by atoms with E-state index < -0.39 is 17.2 Å². The standard InChI is InChI=1S/C14H18N4O5/c19-14(20)16-7-3-1-5-11(16)10-9-15-17(13(10)18(21)22)12-6-2-4-8-23-12/h5,9,12H,1-4,6-8H2,(H,19,20). The van der Waals surface area contributed by atoms with Crippen molar-refractivity contribution in [3.63, 3.8) is 0 Å². The molecule has 1 atom stereocenters. The van der Waals surface area contributed by atoms with Crippen LogP contribution in [0, 0.1) is 10.1 Å². The molecule has 9 nitrogen and oxygen atoms in total. The van der Waals surface area contributed by atoms with E-state index in [9.17, 15) is 20.0 Å². The number of nitro groups is 1. The summed E-state index contributed by atoms with van der Waals surface area (Å²) in [5.74, 6) is -0.212. The Hall–Kier alpha value is -2.42. The molecule has 1 unspecified atom stereocenters. The lowest BCUT2D eigenvalue weighted by molar-refractivity contribution is -0.395. The topological polar surface area (TPSA) is 111 Å². The van der Waals surface area contributed by atoms with Crippen molar-refractivity contribution in [3.05, 3.63) is 28.0 Å². The summed E-state index contributed by atoms with van der Waals surface area (Å²) in [6.45, 7) is 0.865. The molecule has 2 aliphatic rings. The van der Waals surface area contributed by atoms with Crippen molar-refractivity contribution in [2.45, 2.75) is 38.3 Å². The number of carboxylic acid groups (broad SMARTS) is 1. The number of allylic oxidation sites excluding steroid dienone is 1. The molecule has 0 aromatic carbocycles. The monoisotopic (exact) mass is 322 g/mol. The van der Waals surface area contributed by atoms with Crippen LogP contribution in [0.15, 0.2) is 12.3 Å². The zero-order valence-electron chi connectivity index (χ0n) is 12.6. The highest BCUT2D eigenvalue weighted by atomic mass is 16.6. The first-order chi connectivity index (χ1) is 11.1. The van der Waals surface area contributed by atoms with Crippen LogP contribution in [-0.2, 0) is 4.74 Å². The molecule has 23 heavy (non-hydrogen) atoms. The van der Waals surface area contributed by atoms with Crippen molar-refractivity contribution in [3.8, 4) is 0 Å². The summed E-state index contributed by atoms with van der Waals surface area (Å²) in [7, 11) is 0. The Kier molecular flexibility index (Phi) is 4.28. The fraction of sp³-hybridized carbons (Fsp3) is 0.571. The van der Waals surface area contributed by atoms with E-state index in [4.69, 9.17) is 4.74 Å². The van der Waals surface area contributed by atoms with Gasteiger partial charge in [0.05, 0.1) is 18.5 Å². The van der Waals surface area contributed by atoms with Gasteiger partial charge in [0.1, 0.15) is 5.56 Å². The van der Waals surface area contributed by atoms with Crippen molar-refractivity contribution in [1.29, 1.82) is 0 Å². The number of hydrogen-bond donors (Lipinski definition) is 1. The highest BCUT2D eigenvalue weighted by Crippen LogP contribution is 2.35. The average Bonchev–Trinajstić information content (AvgIpc) is 3.00. The molecule has 124 valence electrons. The average molecular weight is 322 g/mol. The lowest BCUT2D eigenvalue weighted by Crippen LogP contribution is -2.31. The fourth-order valence-electron chi connectivity index (χ4n) is 3.02. The Morgan fingerprint density at radius 1 is 1.43 bits per heavy atom. The van der Waals surface area contributed by atoms with Crippen LogP contribution in [0.5, 0.6) is 0 Å². The van der Waals surface area contributed by atoms with E-state index in [1.807, 2.05) is 0 Å². The second-order valence-corrected chi connectivity index (χ2v) is 5.57. The van der Waals surface area contributed by atoms with Crippen LogP contribution in [0.1, 0.15) is 43.9 Å².